The third-order valence-electron chi connectivity index (χ3n) is 3.36. The van der Waals surface area contributed by atoms with Crippen molar-refractivity contribution in [3.05, 3.63) is 54.7 Å². The fourth-order valence-corrected chi connectivity index (χ4v) is 2.81. The molecule has 2 heterocycles. The molecule has 2 aromatic heterocycles. The Labute approximate surface area is 141 Å². The first-order chi connectivity index (χ1) is 11.8. The van der Waals surface area contributed by atoms with Crippen LogP contribution in [0.15, 0.2) is 69.4 Å². The van der Waals surface area contributed by atoms with Gasteiger partial charge in [0.15, 0.2) is 0 Å². The predicted octanol–water partition coefficient (Wildman–Crippen LogP) is 3.84. The lowest BCUT2D eigenvalue weighted by Crippen LogP contribution is -1.86. The smallest absolute Gasteiger partial charge is 0.283 e. The summed E-state index contributed by atoms with van der Waals surface area (Å²) in [6.45, 7) is 0. The maximum Gasteiger partial charge on any atom is 0.283 e. The zero-order valence-corrected chi connectivity index (χ0v) is 13.5. The molecule has 4 rings (SSSR count). The highest BCUT2D eigenvalue weighted by Crippen LogP contribution is 2.29. The highest BCUT2D eigenvalue weighted by Gasteiger charge is 2.11. The number of methoxy groups -OCH3 is 1. The van der Waals surface area contributed by atoms with E-state index in [-0.39, 0.29) is 0 Å². The number of rotatable bonds is 4. The summed E-state index contributed by atoms with van der Waals surface area (Å²) in [4.78, 5) is 8.91. The first-order valence-corrected chi connectivity index (χ1v) is 8.01. The van der Waals surface area contributed by atoms with E-state index in [1.807, 2.05) is 48.5 Å². The van der Waals surface area contributed by atoms with Crippen LogP contribution in [0.1, 0.15) is 0 Å². The van der Waals surface area contributed by atoms with Gasteiger partial charge in [0, 0.05) is 5.56 Å². The van der Waals surface area contributed by atoms with Crippen LogP contribution < -0.4 is 4.74 Å². The van der Waals surface area contributed by atoms with Crippen LogP contribution >= 0.6 is 11.8 Å². The minimum atomic E-state index is 0.422. The van der Waals surface area contributed by atoms with Crippen LogP contribution in [-0.2, 0) is 0 Å². The van der Waals surface area contributed by atoms with Gasteiger partial charge in [-0.15, -0.1) is 10.2 Å². The van der Waals surface area contributed by atoms with Gasteiger partial charge in [0.25, 0.3) is 5.22 Å². The molecular weight excluding hydrogens is 324 g/mol. The first kappa shape index (κ1) is 14.6. The van der Waals surface area contributed by atoms with Crippen molar-refractivity contribution in [2.75, 3.05) is 7.11 Å². The predicted molar refractivity (Wildman–Crippen MR) is 89.9 cm³/mol. The van der Waals surface area contributed by atoms with E-state index in [1.165, 1.54) is 11.8 Å². The topological polar surface area (TPSA) is 73.9 Å². The van der Waals surface area contributed by atoms with Crippen molar-refractivity contribution in [1.29, 1.82) is 0 Å². The number of ether oxygens (including phenoxy) is 1. The number of para-hydroxylation sites is 2. The number of aromatic nitrogens is 4. The molecule has 0 saturated heterocycles. The molecule has 0 amide bonds. The van der Waals surface area contributed by atoms with Crippen LogP contribution in [0.4, 0.5) is 0 Å². The molecule has 24 heavy (non-hydrogen) atoms. The Morgan fingerprint density at radius 3 is 2.54 bits per heavy atom. The Hall–Kier alpha value is -2.93. The van der Waals surface area contributed by atoms with Gasteiger partial charge in [0.1, 0.15) is 10.8 Å². The molecule has 7 heteroatoms. The van der Waals surface area contributed by atoms with Crippen molar-refractivity contribution in [3.8, 4) is 17.2 Å². The quantitative estimate of drug-likeness (QED) is 0.560. The maximum absolute atomic E-state index is 5.69. The Balaban J connectivity index is 1.57. The summed E-state index contributed by atoms with van der Waals surface area (Å²) < 4.78 is 10.8. The van der Waals surface area contributed by atoms with Crippen molar-refractivity contribution in [3.63, 3.8) is 0 Å². The lowest BCUT2D eigenvalue weighted by Gasteiger charge is -1.99. The Morgan fingerprint density at radius 2 is 1.75 bits per heavy atom. The Kier molecular flexibility index (Phi) is 3.84. The van der Waals surface area contributed by atoms with Gasteiger partial charge in [-0.05, 0) is 48.2 Å². The summed E-state index contributed by atoms with van der Waals surface area (Å²) in [5.74, 6) is 1.23. The number of hydrogen-bond donors (Lipinski definition) is 0. The van der Waals surface area contributed by atoms with Crippen LogP contribution in [0.2, 0.25) is 0 Å². The van der Waals surface area contributed by atoms with Gasteiger partial charge in [-0.3, -0.25) is 4.98 Å². The third kappa shape index (κ3) is 2.93. The Morgan fingerprint density at radius 1 is 0.958 bits per heavy atom. The second-order valence-electron chi connectivity index (χ2n) is 4.90. The normalized spacial score (nSPS) is 10.9. The van der Waals surface area contributed by atoms with Gasteiger partial charge >= 0.3 is 0 Å². The van der Waals surface area contributed by atoms with E-state index < -0.39 is 0 Å². The molecule has 118 valence electrons. The molecule has 2 aromatic carbocycles. The molecule has 0 unspecified atom stereocenters. The fraction of sp³-hybridized carbons (Fsp3) is 0.0588. The monoisotopic (exact) mass is 336 g/mol. The lowest BCUT2D eigenvalue weighted by atomic mass is 10.2. The third-order valence-corrected chi connectivity index (χ3v) is 4.11. The minimum Gasteiger partial charge on any atom is -0.497 e. The zero-order chi connectivity index (χ0) is 16.4. The van der Waals surface area contributed by atoms with E-state index in [9.17, 15) is 0 Å². The van der Waals surface area contributed by atoms with E-state index >= 15 is 0 Å². The number of hydrogen-bond acceptors (Lipinski definition) is 7. The van der Waals surface area contributed by atoms with E-state index in [0.29, 0.717) is 16.1 Å². The molecule has 0 aliphatic rings. The van der Waals surface area contributed by atoms with Gasteiger partial charge in [-0.2, -0.15) is 0 Å². The van der Waals surface area contributed by atoms with Crippen molar-refractivity contribution in [2.24, 2.45) is 0 Å². The molecule has 0 bridgehead atoms. The largest absolute Gasteiger partial charge is 0.497 e. The van der Waals surface area contributed by atoms with Gasteiger partial charge in [-0.1, -0.05) is 12.1 Å². The molecular formula is C17H12N4O2S. The molecule has 0 N–H and O–H groups in total. The summed E-state index contributed by atoms with van der Waals surface area (Å²) in [6.07, 6.45) is 1.70. The average molecular weight is 336 g/mol. The van der Waals surface area contributed by atoms with E-state index in [2.05, 4.69) is 20.2 Å². The SMILES string of the molecule is COc1ccc(-c2nnc(Sc3cnc4ccccc4n3)o2)cc1. The molecule has 4 aromatic rings. The summed E-state index contributed by atoms with van der Waals surface area (Å²) in [5.41, 5.74) is 2.52. The molecule has 0 radical (unpaired) electrons. The molecule has 0 fully saturated rings. The van der Waals surface area contributed by atoms with Gasteiger partial charge in [-0.25, -0.2) is 4.98 Å². The van der Waals surface area contributed by atoms with Gasteiger partial charge in [0.05, 0.1) is 24.3 Å². The highest BCUT2D eigenvalue weighted by molar-refractivity contribution is 7.99. The van der Waals surface area contributed by atoms with Crippen molar-refractivity contribution in [1.82, 2.24) is 20.2 Å². The van der Waals surface area contributed by atoms with Crippen molar-refractivity contribution < 1.29 is 9.15 Å². The summed E-state index contributed by atoms with van der Waals surface area (Å²) in [7, 11) is 1.63. The van der Waals surface area contributed by atoms with Crippen LogP contribution in [0.25, 0.3) is 22.5 Å². The molecule has 0 spiro atoms. The average Bonchev–Trinajstić information content (AvgIpc) is 3.10. The summed E-state index contributed by atoms with van der Waals surface area (Å²) in [6, 6.07) is 15.1. The second kappa shape index (κ2) is 6.29. The lowest BCUT2D eigenvalue weighted by molar-refractivity contribution is 0.414. The van der Waals surface area contributed by atoms with Crippen molar-refractivity contribution >= 4 is 22.8 Å². The highest BCUT2D eigenvalue weighted by atomic mass is 32.2. The molecule has 6 nitrogen and oxygen atoms in total. The first-order valence-electron chi connectivity index (χ1n) is 7.19. The van der Waals surface area contributed by atoms with Crippen LogP contribution in [0.3, 0.4) is 0 Å². The molecule has 0 aliphatic carbocycles. The summed E-state index contributed by atoms with van der Waals surface area (Å²) >= 11 is 1.29. The van der Waals surface area contributed by atoms with Crippen LogP contribution in [0.5, 0.6) is 5.75 Å². The van der Waals surface area contributed by atoms with E-state index in [0.717, 1.165) is 22.3 Å². The minimum absolute atomic E-state index is 0.422. The van der Waals surface area contributed by atoms with Gasteiger partial charge in [0.2, 0.25) is 5.89 Å². The standard InChI is InChI=1S/C17H12N4O2S/c1-22-12-8-6-11(7-9-12)16-20-21-17(23-16)24-15-10-18-13-4-2-3-5-14(13)19-15/h2-10H,1H3. The second-order valence-corrected chi connectivity index (χ2v) is 5.87. The van der Waals surface area contributed by atoms with Gasteiger partial charge < -0.3 is 9.15 Å². The van der Waals surface area contributed by atoms with E-state index in [4.69, 9.17) is 9.15 Å². The van der Waals surface area contributed by atoms with Crippen LogP contribution in [-0.4, -0.2) is 27.3 Å². The Bertz CT molecular complexity index is 985. The number of benzene rings is 2. The zero-order valence-electron chi connectivity index (χ0n) is 12.7. The molecule has 0 aliphatic heterocycles. The summed E-state index contributed by atoms with van der Waals surface area (Å²) in [5, 5.41) is 9.26. The van der Waals surface area contributed by atoms with Crippen LogP contribution in [0, 0.1) is 0 Å². The number of fused-ring (bicyclic) bond motifs is 1. The number of nitrogens with zero attached hydrogens (tertiary/aromatic N) is 4. The van der Waals surface area contributed by atoms with Crippen molar-refractivity contribution in [2.45, 2.75) is 10.2 Å². The maximum atomic E-state index is 5.69. The van der Waals surface area contributed by atoms with E-state index in [1.54, 1.807) is 13.3 Å². The molecule has 0 atom stereocenters. The molecule has 0 saturated carbocycles. The fourth-order valence-electron chi connectivity index (χ4n) is 2.18.